The van der Waals surface area contributed by atoms with Gasteiger partial charge in [-0.3, -0.25) is 4.79 Å². The van der Waals surface area contributed by atoms with Crippen LogP contribution in [0.3, 0.4) is 0 Å². The van der Waals surface area contributed by atoms with Gasteiger partial charge in [-0.25, -0.2) is 0 Å². The summed E-state index contributed by atoms with van der Waals surface area (Å²) in [6.07, 6.45) is 13.5. The van der Waals surface area contributed by atoms with Crippen molar-refractivity contribution in [3.8, 4) is 0 Å². The molecule has 1 aliphatic rings. The summed E-state index contributed by atoms with van der Waals surface area (Å²) in [5.74, 6) is 0.724. The molecule has 0 aliphatic carbocycles. The molecule has 3 atom stereocenters. The van der Waals surface area contributed by atoms with Crippen LogP contribution in [-0.4, -0.2) is 12.1 Å². The van der Waals surface area contributed by atoms with Crippen LogP contribution in [0.15, 0.2) is 35.5 Å². The maximum absolute atomic E-state index is 11.9. The normalized spacial score (nSPS) is 35.7. The predicted molar refractivity (Wildman–Crippen MR) is 93.6 cm³/mol. The average Bonchev–Trinajstić information content (AvgIpc) is 2.43. The third-order valence-electron chi connectivity index (χ3n) is 4.33. The van der Waals surface area contributed by atoms with Crippen LogP contribution >= 0.6 is 0 Å². The van der Waals surface area contributed by atoms with Gasteiger partial charge >= 0.3 is 5.97 Å². The topological polar surface area (TPSA) is 26.3 Å². The molecule has 1 aliphatic heterocycles. The quantitative estimate of drug-likeness (QED) is 0.430. The average molecular weight is 304 g/mol. The lowest BCUT2D eigenvalue weighted by molar-refractivity contribution is -0.149. The van der Waals surface area contributed by atoms with Crippen molar-refractivity contribution in [2.45, 2.75) is 72.8 Å². The fraction of sp³-hybridized carbons (Fsp3) is 0.650. The molecule has 0 bridgehead atoms. The van der Waals surface area contributed by atoms with Gasteiger partial charge in [0.25, 0.3) is 0 Å². The SMILES string of the molecule is C/C1=C\[C@H](C)C/C=C/[C@H](C)[C@@H](C)OC(=O)CC/C(C)=C/CC1. The number of rotatable bonds is 0. The first-order chi connectivity index (χ1) is 10.4. The van der Waals surface area contributed by atoms with Crippen LogP contribution in [-0.2, 0) is 9.53 Å². The molecule has 0 aromatic rings. The van der Waals surface area contributed by atoms with Gasteiger partial charge in [-0.2, -0.15) is 0 Å². The van der Waals surface area contributed by atoms with Crippen LogP contribution in [0.5, 0.6) is 0 Å². The summed E-state index contributed by atoms with van der Waals surface area (Å²) in [6, 6.07) is 0. The molecule has 0 saturated carbocycles. The number of hydrogen-bond donors (Lipinski definition) is 0. The van der Waals surface area contributed by atoms with Crippen LogP contribution in [0.2, 0.25) is 0 Å². The largest absolute Gasteiger partial charge is 0.462 e. The molecule has 0 unspecified atom stereocenters. The van der Waals surface area contributed by atoms with Crippen LogP contribution in [0.25, 0.3) is 0 Å². The van der Waals surface area contributed by atoms with E-state index < -0.39 is 0 Å². The van der Waals surface area contributed by atoms with E-state index in [0.29, 0.717) is 12.3 Å². The fourth-order valence-corrected chi connectivity index (χ4v) is 2.62. The van der Waals surface area contributed by atoms with Gasteiger partial charge in [-0.05, 0) is 52.4 Å². The first-order valence-corrected chi connectivity index (χ1v) is 8.57. The number of carbonyl (C=O) groups is 1. The molecule has 0 radical (unpaired) electrons. The summed E-state index contributed by atoms with van der Waals surface area (Å²) in [5.41, 5.74) is 2.74. The molecule has 0 aromatic carbocycles. The van der Waals surface area contributed by atoms with E-state index in [1.54, 1.807) is 0 Å². The molecule has 22 heavy (non-hydrogen) atoms. The van der Waals surface area contributed by atoms with Gasteiger partial charge in [0.1, 0.15) is 6.10 Å². The van der Waals surface area contributed by atoms with Crippen molar-refractivity contribution < 1.29 is 9.53 Å². The van der Waals surface area contributed by atoms with Gasteiger partial charge in [0.2, 0.25) is 0 Å². The minimum atomic E-state index is -0.0861. The summed E-state index contributed by atoms with van der Waals surface area (Å²) in [4.78, 5) is 11.9. The van der Waals surface area contributed by atoms with E-state index in [4.69, 9.17) is 4.74 Å². The Balaban J connectivity index is 2.78. The van der Waals surface area contributed by atoms with Crippen molar-refractivity contribution in [3.63, 3.8) is 0 Å². The zero-order valence-corrected chi connectivity index (χ0v) is 14.9. The Kier molecular flexibility index (Phi) is 8.22. The van der Waals surface area contributed by atoms with Gasteiger partial charge in [-0.1, -0.05) is 49.3 Å². The Labute approximate surface area is 136 Å². The smallest absolute Gasteiger partial charge is 0.306 e. The minimum absolute atomic E-state index is 0.0616. The Morgan fingerprint density at radius 2 is 1.77 bits per heavy atom. The van der Waals surface area contributed by atoms with Gasteiger partial charge in [0.05, 0.1) is 0 Å². The van der Waals surface area contributed by atoms with Crippen molar-refractivity contribution in [3.05, 3.63) is 35.5 Å². The molecular formula is C20H32O2. The fourth-order valence-electron chi connectivity index (χ4n) is 2.62. The van der Waals surface area contributed by atoms with Crippen molar-refractivity contribution in [1.82, 2.24) is 0 Å². The van der Waals surface area contributed by atoms with E-state index in [1.807, 2.05) is 6.92 Å². The number of hydrogen-bond acceptors (Lipinski definition) is 2. The molecule has 2 heteroatoms. The van der Waals surface area contributed by atoms with E-state index in [0.717, 1.165) is 25.7 Å². The molecule has 1 rings (SSSR count). The third kappa shape index (κ3) is 7.63. The predicted octanol–water partition coefficient (Wildman–Crippen LogP) is 5.60. The monoisotopic (exact) mass is 304 g/mol. The van der Waals surface area contributed by atoms with Crippen molar-refractivity contribution in [1.29, 1.82) is 0 Å². The number of esters is 1. The van der Waals surface area contributed by atoms with Gasteiger partial charge in [0.15, 0.2) is 0 Å². The van der Waals surface area contributed by atoms with Gasteiger partial charge in [0, 0.05) is 12.3 Å². The first-order valence-electron chi connectivity index (χ1n) is 8.57. The van der Waals surface area contributed by atoms with Crippen LogP contribution < -0.4 is 0 Å². The van der Waals surface area contributed by atoms with Gasteiger partial charge < -0.3 is 4.74 Å². The maximum Gasteiger partial charge on any atom is 0.306 e. The highest BCUT2D eigenvalue weighted by atomic mass is 16.5. The zero-order valence-electron chi connectivity index (χ0n) is 14.9. The molecule has 0 aromatic heterocycles. The Morgan fingerprint density at radius 3 is 2.50 bits per heavy atom. The van der Waals surface area contributed by atoms with Crippen LogP contribution in [0.1, 0.15) is 66.7 Å². The Morgan fingerprint density at radius 1 is 1.05 bits per heavy atom. The molecule has 0 fully saturated rings. The second-order valence-electron chi connectivity index (χ2n) is 6.80. The molecule has 0 amide bonds. The summed E-state index contributed by atoms with van der Waals surface area (Å²) < 4.78 is 5.53. The minimum Gasteiger partial charge on any atom is -0.462 e. The number of cyclic esters (lactones) is 1. The second-order valence-corrected chi connectivity index (χ2v) is 6.80. The highest BCUT2D eigenvalue weighted by Crippen LogP contribution is 2.17. The zero-order chi connectivity index (χ0) is 16.5. The second kappa shape index (κ2) is 9.66. The maximum atomic E-state index is 11.9. The van der Waals surface area contributed by atoms with Crippen molar-refractivity contribution >= 4 is 5.97 Å². The molecule has 124 valence electrons. The summed E-state index contributed by atoms with van der Waals surface area (Å²) in [5, 5.41) is 0. The van der Waals surface area contributed by atoms with Crippen LogP contribution in [0, 0.1) is 11.8 Å². The molecule has 1 heterocycles. The lowest BCUT2D eigenvalue weighted by Crippen LogP contribution is -2.20. The van der Waals surface area contributed by atoms with Crippen molar-refractivity contribution in [2.24, 2.45) is 11.8 Å². The van der Waals surface area contributed by atoms with E-state index in [1.165, 1.54) is 11.1 Å². The van der Waals surface area contributed by atoms with E-state index in [2.05, 4.69) is 52.0 Å². The molecule has 0 N–H and O–H groups in total. The lowest BCUT2D eigenvalue weighted by Gasteiger charge is -2.18. The summed E-state index contributed by atoms with van der Waals surface area (Å²) in [6.45, 7) is 10.7. The third-order valence-corrected chi connectivity index (χ3v) is 4.33. The highest BCUT2D eigenvalue weighted by molar-refractivity contribution is 5.69. The summed E-state index contributed by atoms with van der Waals surface area (Å²) >= 11 is 0. The van der Waals surface area contributed by atoms with E-state index >= 15 is 0 Å². The van der Waals surface area contributed by atoms with E-state index in [9.17, 15) is 4.79 Å². The molecule has 0 spiro atoms. The first kappa shape index (κ1) is 18.7. The highest BCUT2D eigenvalue weighted by Gasteiger charge is 2.14. The number of allylic oxidation sites excluding steroid dienone is 5. The Hall–Kier alpha value is -1.31. The number of ether oxygens (including phenoxy) is 1. The van der Waals surface area contributed by atoms with Crippen molar-refractivity contribution in [2.75, 3.05) is 0 Å². The molecule has 2 nitrogen and oxygen atoms in total. The number of carbonyl (C=O) groups excluding carboxylic acids is 1. The van der Waals surface area contributed by atoms with E-state index in [-0.39, 0.29) is 18.0 Å². The molecule has 0 saturated heterocycles. The lowest BCUT2D eigenvalue weighted by atomic mass is 9.99. The van der Waals surface area contributed by atoms with Crippen LogP contribution in [0.4, 0.5) is 0 Å². The molecular weight excluding hydrogens is 272 g/mol. The standard InChI is InChI=1S/C20H32O2/c1-15-8-6-9-16(2)14-17(3)10-7-11-18(4)19(5)22-20(21)13-12-15/h7-8,11,14,17-19H,6,9-10,12-13H2,1-5H3/b11-7+,15-8+,16-14+/t17-,18+,19-/m1/s1. The Bertz CT molecular complexity index is 443. The summed E-state index contributed by atoms with van der Waals surface area (Å²) in [7, 11) is 0. The van der Waals surface area contributed by atoms with Gasteiger partial charge in [-0.15, -0.1) is 0 Å².